The van der Waals surface area contributed by atoms with E-state index < -0.39 is 27.9 Å². The summed E-state index contributed by atoms with van der Waals surface area (Å²) >= 11 is 0. The van der Waals surface area contributed by atoms with Gasteiger partial charge in [-0.2, -0.15) is 0 Å². The molecule has 2 aromatic rings. The van der Waals surface area contributed by atoms with Gasteiger partial charge in [-0.1, -0.05) is 54.2 Å². The Balaban J connectivity index is 2.47. The fourth-order valence-electron chi connectivity index (χ4n) is 3.13. The van der Waals surface area contributed by atoms with Gasteiger partial charge in [-0.15, -0.1) is 0 Å². The number of rotatable bonds is 12. The molecule has 0 radical (unpaired) electrons. The van der Waals surface area contributed by atoms with Crippen LogP contribution in [0.3, 0.4) is 0 Å². The first-order valence-electron chi connectivity index (χ1n) is 10.9. The first-order valence-corrected chi connectivity index (χ1v) is 12.5. The SMILES string of the molecule is CCCCS(=O)(=O)N(NC(=O)c1cccc(N=C(N)N)c1)C(Cc1ccccc1)C(=O)OCC. The van der Waals surface area contributed by atoms with Crippen molar-refractivity contribution in [3.05, 3.63) is 65.7 Å². The van der Waals surface area contributed by atoms with Crippen LogP contribution in [-0.2, 0) is 26.0 Å². The summed E-state index contributed by atoms with van der Waals surface area (Å²) < 4.78 is 32.4. The highest BCUT2D eigenvalue weighted by Gasteiger charge is 2.37. The zero-order chi connectivity index (χ0) is 25.1. The van der Waals surface area contributed by atoms with Crippen molar-refractivity contribution in [3.8, 4) is 0 Å². The second-order valence-corrected chi connectivity index (χ2v) is 9.42. The predicted octanol–water partition coefficient (Wildman–Crippen LogP) is 1.84. The van der Waals surface area contributed by atoms with Crippen molar-refractivity contribution in [1.29, 1.82) is 0 Å². The predicted molar refractivity (Wildman–Crippen MR) is 130 cm³/mol. The Labute approximate surface area is 200 Å². The third-order valence-corrected chi connectivity index (χ3v) is 6.50. The number of carbonyl (C=O) groups excluding carboxylic acids is 2. The van der Waals surface area contributed by atoms with Crippen molar-refractivity contribution in [2.24, 2.45) is 16.5 Å². The first kappa shape index (κ1) is 26.8. The lowest BCUT2D eigenvalue weighted by Gasteiger charge is -2.29. The number of hydrogen-bond donors (Lipinski definition) is 3. The molecule has 0 aliphatic rings. The number of unbranched alkanes of at least 4 members (excludes halogenated alkanes) is 1. The van der Waals surface area contributed by atoms with Crippen molar-refractivity contribution in [2.75, 3.05) is 12.4 Å². The fourth-order valence-corrected chi connectivity index (χ4v) is 4.76. The van der Waals surface area contributed by atoms with Gasteiger partial charge < -0.3 is 16.2 Å². The highest BCUT2D eigenvalue weighted by Crippen LogP contribution is 2.18. The Morgan fingerprint density at radius 3 is 2.41 bits per heavy atom. The monoisotopic (exact) mass is 489 g/mol. The molecule has 0 aliphatic carbocycles. The standard InChI is InChI=1S/C23H31N5O5S/c1-3-5-14-34(31,32)28(20(22(30)33-4-2)15-17-10-7-6-8-11-17)27-21(29)18-12-9-13-19(16-18)26-23(24)25/h6-13,16,20H,3-5,14-15H2,1-2H3,(H,27,29)(H4,24,25,26). The van der Waals surface area contributed by atoms with Crippen molar-refractivity contribution < 1.29 is 22.7 Å². The molecule has 1 amide bonds. The lowest BCUT2D eigenvalue weighted by atomic mass is 10.1. The molecule has 0 aromatic heterocycles. The number of aliphatic imine (C=N–C) groups is 1. The highest BCUT2D eigenvalue weighted by molar-refractivity contribution is 7.89. The minimum Gasteiger partial charge on any atom is -0.465 e. The van der Waals surface area contributed by atoms with Gasteiger partial charge in [0.25, 0.3) is 5.91 Å². The van der Waals surface area contributed by atoms with E-state index in [2.05, 4.69) is 10.4 Å². The molecule has 10 nitrogen and oxygen atoms in total. The lowest BCUT2D eigenvalue weighted by Crippen LogP contribution is -2.56. The molecule has 0 bridgehead atoms. The Bertz CT molecular complexity index is 1100. The average molecular weight is 490 g/mol. The van der Waals surface area contributed by atoms with Gasteiger partial charge in [0.15, 0.2) is 5.96 Å². The summed E-state index contributed by atoms with van der Waals surface area (Å²) in [5.41, 5.74) is 14.4. The van der Waals surface area contributed by atoms with E-state index >= 15 is 0 Å². The van der Waals surface area contributed by atoms with Crippen LogP contribution in [0.1, 0.15) is 42.6 Å². The number of nitrogens with two attached hydrogens (primary N) is 2. The summed E-state index contributed by atoms with van der Waals surface area (Å²) in [4.78, 5) is 29.8. The Kier molecular flexibility index (Phi) is 10.0. The van der Waals surface area contributed by atoms with Crippen molar-refractivity contribution in [2.45, 2.75) is 39.2 Å². The summed E-state index contributed by atoms with van der Waals surface area (Å²) in [6.45, 7) is 3.53. The number of nitrogens with zero attached hydrogens (tertiary/aromatic N) is 2. The number of nitrogens with one attached hydrogen (secondary N) is 1. The van der Waals surface area contributed by atoms with Crippen LogP contribution in [0.25, 0.3) is 0 Å². The number of carbonyl (C=O) groups is 2. The van der Waals surface area contributed by atoms with Gasteiger partial charge in [-0.05, 0) is 37.1 Å². The van der Waals surface area contributed by atoms with Crippen LogP contribution < -0.4 is 16.9 Å². The summed E-state index contributed by atoms with van der Waals surface area (Å²) in [6, 6.07) is 13.6. The summed E-state index contributed by atoms with van der Waals surface area (Å²) in [7, 11) is -4.07. The first-order chi connectivity index (χ1) is 16.2. The van der Waals surface area contributed by atoms with Crippen LogP contribution in [0.15, 0.2) is 59.6 Å². The molecule has 2 aromatic carbocycles. The second kappa shape index (κ2) is 12.7. The van der Waals surface area contributed by atoms with Crippen LogP contribution in [0.4, 0.5) is 5.69 Å². The number of amides is 1. The zero-order valence-corrected chi connectivity index (χ0v) is 20.1. The lowest BCUT2D eigenvalue weighted by molar-refractivity contribution is -0.148. The minimum absolute atomic E-state index is 0.0132. The molecule has 0 fully saturated rings. The molecular weight excluding hydrogens is 458 g/mol. The minimum atomic E-state index is -4.07. The van der Waals surface area contributed by atoms with Gasteiger partial charge in [0.2, 0.25) is 10.0 Å². The van der Waals surface area contributed by atoms with Crippen molar-refractivity contribution in [1.82, 2.24) is 9.84 Å². The molecule has 184 valence electrons. The second-order valence-electron chi connectivity index (χ2n) is 7.45. The third kappa shape index (κ3) is 7.85. The zero-order valence-electron chi connectivity index (χ0n) is 19.3. The van der Waals surface area contributed by atoms with Crippen molar-refractivity contribution in [3.63, 3.8) is 0 Å². The molecule has 34 heavy (non-hydrogen) atoms. The van der Waals surface area contributed by atoms with Gasteiger partial charge in [0, 0.05) is 12.0 Å². The molecule has 0 saturated carbocycles. The van der Waals surface area contributed by atoms with Gasteiger partial charge in [0.1, 0.15) is 6.04 Å². The molecule has 11 heteroatoms. The number of ether oxygens (including phenoxy) is 1. The largest absolute Gasteiger partial charge is 0.465 e. The van der Waals surface area contributed by atoms with E-state index in [9.17, 15) is 18.0 Å². The fraction of sp³-hybridized carbons (Fsp3) is 0.348. The Morgan fingerprint density at radius 2 is 1.79 bits per heavy atom. The smallest absolute Gasteiger partial charge is 0.326 e. The Morgan fingerprint density at radius 1 is 1.09 bits per heavy atom. The molecule has 0 saturated heterocycles. The van der Waals surface area contributed by atoms with E-state index in [1.807, 2.05) is 13.0 Å². The number of sulfonamides is 1. The van der Waals surface area contributed by atoms with E-state index in [1.54, 1.807) is 43.3 Å². The maximum Gasteiger partial charge on any atom is 0.326 e. The molecular formula is C23H31N5O5S. The van der Waals surface area contributed by atoms with Crippen LogP contribution in [-0.4, -0.2) is 49.1 Å². The Hall–Kier alpha value is -3.44. The molecule has 0 spiro atoms. The number of benzene rings is 2. The summed E-state index contributed by atoms with van der Waals surface area (Å²) in [5.74, 6) is -1.94. The van der Waals surface area contributed by atoms with E-state index in [4.69, 9.17) is 16.2 Å². The maximum absolute atomic E-state index is 13.3. The van der Waals surface area contributed by atoms with Gasteiger partial charge in [-0.3, -0.25) is 15.0 Å². The van der Waals surface area contributed by atoms with Gasteiger partial charge >= 0.3 is 5.97 Å². The summed E-state index contributed by atoms with van der Waals surface area (Å²) in [5, 5.41) is 0. The number of esters is 1. The van der Waals surface area contributed by atoms with E-state index in [0.717, 1.165) is 4.41 Å². The highest BCUT2D eigenvalue weighted by atomic mass is 32.2. The molecule has 0 aliphatic heterocycles. The van der Waals surface area contributed by atoms with Crippen LogP contribution in [0, 0.1) is 0 Å². The number of guanidine groups is 1. The van der Waals surface area contributed by atoms with Crippen LogP contribution >= 0.6 is 0 Å². The average Bonchev–Trinajstić information content (AvgIpc) is 2.80. The normalized spacial score (nSPS) is 12.1. The topological polar surface area (TPSA) is 157 Å². The quantitative estimate of drug-likeness (QED) is 0.178. The molecule has 1 atom stereocenters. The molecule has 1 unspecified atom stereocenters. The van der Waals surface area contributed by atoms with Gasteiger partial charge in [-0.25, -0.2) is 13.4 Å². The number of hydrazine groups is 1. The van der Waals surface area contributed by atoms with Gasteiger partial charge in [0.05, 0.1) is 18.0 Å². The third-order valence-electron chi connectivity index (χ3n) is 4.75. The van der Waals surface area contributed by atoms with Crippen LogP contribution in [0.5, 0.6) is 0 Å². The molecule has 0 heterocycles. The molecule has 5 N–H and O–H groups in total. The van der Waals surface area contributed by atoms with Crippen LogP contribution in [0.2, 0.25) is 0 Å². The molecule has 2 rings (SSSR count). The van der Waals surface area contributed by atoms with E-state index in [0.29, 0.717) is 24.1 Å². The maximum atomic E-state index is 13.3. The number of hydrogen-bond acceptors (Lipinski definition) is 6. The van der Waals surface area contributed by atoms with E-state index in [1.165, 1.54) is 12.1 Å². The van der Waals surface area contributed by atoms with E-state index in [-0.39, 0.29) is 30.3 Å². The van der Waals surface area contributed by atoms with Crippen molar-refractivity contribution >= 4 is 33.5 Å². The summed E-state index contributed by atoms with van der Waals surface area (Å²) in [6.07, 6.45) is 0.985.